The molecule has 0 aromatic heterocycles. The summed E-state index contributed by atoms with van der Waals surface area (Å²) in [5.74, 6) is 0. The second-order valence-corrected chi connectivity index (χ2v) is 5.08. The van der Waals surface area contributed by atoms with Crippen LogP contribution in [0.1, 0.15) is 32.6 Å². The molecule has 0 bridgehead atoms. The summed E-state index contributed by atoms with van der Waals surface area (Å²) in [6.45, 7) is 3.09. The van der Waals surface area contributed by atoms with Crippen LogP contribution < -0.4 is 0 Å². The molecule has 0 aliphatic carbocycles. The first-order valence-corrected chi connectivity index (χ1v) is 6.16. The summed E-state index contributed by atoms with van der Waals surface area (Å²) in [7, 11) is 0. The van der Waals surface area contributed by atoms with Crippen molar-refractivity contribution in [3.05, 3.63) is 0 Å². The molecule has 1 saturated heterocycles. The van der Waals surface area contributed by atoms with Gasteiger partial charge in [-0.2, -0.15) is 0 Å². The van der Waals surface area contributed by atoms with Crippen LogP contribution in [0.25, 0.3) is 0 Å². The topological polar surface area (TPSA) is 41.8 Å². The largest absolute Gasteiger partial charge is 0.394 e. The van der Waals surface area contributed by atoms with Crippen LogP contribution in [0.3, 0.4) is 0 Å². The maximum absolute atomic E-state index is 9.44. The molecule has 2 heterocycles. The first kappa shape index (κ1) is 10.5. The van der Waals surface area contributed by atoms with Gasteiger partial charge < -0.3 is 9.84 Å². The molecule has 2 rings (SSSR count). The van der Waals surface area contributed by atoms with Gasteiger partial charge in [-0.25, -0.2) is 0 Å². The van der Waals surface area contributed by atoms with Crippen LogP contribution in [0.5, 0.6) is 0 Å². The molecule has 0 saturated carbocycles. The second kappa shape index (κ2) is 4.21. The van der Waals surface area contributed by atoms with E-state index in [1.165, 1.54) is 0 Å². The van der Waals surface area contributed by atoms with Gasteiger partial charge in [-0.1, -0.05) is 25.1 Å². The zero-order valence-corrected chi connectivity index (χ0v) is 9.35. The number of fused-ring (bicyclic) bond motifs is 1. The highest BCUT2D eigenvalue weighted by Gasteiger charge is 2.46. The molecule has 2 aliphatic rings. The van der Waals surface area contributed by atoms with Crippen molar-refractivity contribution in [2.75, 3.05) is 13.2 Å². The third kappa shape index (κ3) is 1.71. The average Bonchev–Trinajstić information content (AvgIpc) is 2.57. The Labute approximate surface area is 88.9 Å². The molecular weight excluding hydrogens is 198 g/mol. The van der Waals surface area contributed by atoms with Crippen molar-refractivity contribution in [1.29, 1.82) is 0 Å². The van der Waals surface area contributed by atoms with Gasteiger partial charge in [-0.3, -0.25) is 4.99 Å². The van der Waals surface area contributed by atoms with E-state index in [2.05, 4.69) is 11.9 Å². The lowest BCUT2D eigenvalue weighted by atomic mass is 9.94. The number of aliphatic hydroxyl groups excluding tert-OH is 1. The number of hydrogen-bond donors (Lipinski definition) is 1. The third-order valence-electron chi connectivity index (χ3n) is 2.79. The molecule has 1 fully saturated rings. The predicted octanol–water partition coefficient (Wildman–Crippen LogP) is 1.80. The van der Waals surface area contributed by atoms with E-state index in [0.717, 1.165) is 37.3 Å². The summed E-state index contributed by atoms with van der Waals surface area (Å²) in [6.07, 6.45) is 4.11. The highest BCUT2D eigenvalue weighted by Crippen LogP contribution is 2.43. The molecule has 0 aromatic rings. The zero-order valence-electron chi connectivity index (χ0n) is 8.53. The molecule has 0 radical (unpaired) electrons. The van der Waals surface area contributed by atoms with Gasteiger partial charge in [0.15, 0.2) is 0 Å². The fourth-order valence-corrected chi connectivity index (χ4v) is 3.44. The Kier molecular flexibility index (Phi) is 3.14. The number of ether oxygens (including phenoxy) is 1. The predicted molar refractivity (Wildman–Crippen MR) is 58.7 cm³/mol. The maximum Gasteiger partial charge on any atom is 0.136 e. The molecule has 1 N–H and O–H groups in total. The van der Waals surface area contributed by atoms with Gasteiger partial charge in [-0.15, -0.1) is 0 Å². The van der Waals surface area contributed by atoms with Crippen molar-refractivity contribution < 1.29 is 9.84 Å². The lowest BCUT2D eigenvalue weighted by Gasteiger charge is -2.34. The standard InChI is InChI=1S/C10H17NO2S/c1-2-4-8-11-10(7-12)5-3-6-13-9(10)14-8/h9,12H,2-7H2,1H3. The number of aliphatic hydroxyl groups is 1. The second-order valence-electron chi connectivity index (χ2n) is 3.94. The van der Waals surface area contributed by atoms with Crippen LogP contribution in [-0.4, -0.2) is 34.3 Å². The molecule has 14 heavy (non-hydrogen) atoms. The Hall–Kier alpha value is -0.0600. The monoisotopic (exact) mass is 215 g/mol. The van der Waals surface area contributed by atoms with Crippen molar-refractivity contribution >= 4 is 16.8 Å². The highest BCUT2D eigenvalue weighted by molar-refractivity contribution is 8.14. The van der Waals surface area contributed by atoms with Gasteiger partial charge in [0.05, 0.1) is 11.7 Å². The van der Waals surface area contributed by atoms with E-state index in [0.29, 0.717) is 0 Å². The van der Waals surface area contributed by atoms with Crippen LogP contribution in [0, 0.1) is 0 Å². The Bertz CT molecular complexity index is 244. The van der Waals surface area contributed by atoms with E-state index >= 15 is 0 Å². The Balaban J connectivity index is 2.13. The van der Waals surface area contributed by atoms with Crippen LogP contribution >= 0.6 is 11.8 Å². The Morgan fingerprint density at radius 2 is 2.57 bits per heavy atom. The van der Waals surface area contributed by atoms with Crippen molar-refractivity contribution in [2.45, 2.75) is 43.6 Å². The zero-order chi connectivity index (χ0) is 10.0. The minimum absolute atomic E-state index is 0.0720. The molecule has 2 unspecified atom stereocenters. The fraction of sp³-hybridized carbons (Fsp3) is 0.900. The van der Waals surface area contributed by atoms with Crippen LogP contribution in [0.15, 0.2) is 4.99 Å². The van der Waals surface area contributed by atoms with Gasteiger partial charge >= 0.3 is 0 Å². The van der Waals surface area contributed by atoms with E-state index in [1.54, 1.807) is 11.8 Å². The van der Waals surface area contributed by atoms with Crippen LogP contribution in [-0.2, 0) is 4.74 Å². The molecule has 0 aromatic carbocycles. The molecule has 2 aliphatic heterocycles. The van der Waals surface area contributed by atoms with E-state index in [4.69, 9.17) is 4.74 Å². The molecule has 2 atom stereocenters. The molecule has 0 amide bonds. The summed E-state index contributed by atoms with van der Waals surface area (Å²) in [5, 5.41) is 10.6. The summed E-state index contributed by atoms with van der Waals surface area (Å²) >= 11 is 1.71. The SMILES string of the molecule is CCCC1=NC2(CO)CCCOC2S1. The van der Waals surface area contributed by atoms with Gasteiger partial charge in [-0.05, 0) is 19.3 Å². The summed E-state index contributed by atoms with van der Waals surface area (Å²) < 4.78 is 5.66. The number of aliphatic imine (C=N–C) groups is 1. The van der Waals surface area contributed by atoms with Crippen LogP contribution in [0.2, 0.25) is 0 Å². The van der Waals surface area contributed by atoms with Gasteiger partial charge in [0.1, 0.15) is 11.0 Å². The first-order valence-electron chi connectivity index (χ1n) is 5.28. The molecule has 0 spiro atoms. The Morgan fingerprint density at radius 3 is 3.21 bits per heavy atom. The van der Waals surface area contributed by atoms with E-state index in [9.17, 15) is 5.11 Å². The first-order chi connectivity index (χ1) is 6.80. The van der Waals surface area contributed by atoms with Crippen molar-refractivity contribution in [3.63, 3.8) is 0 Å². The average molecular weight is 215 g/mol. The smallest absolute Gasteiger partial charge is 0.136 e. The van der Waals surface area contributed by atoms with E-state index < -0.39 is 0 Å². The third-order valence-corrected chi connectivity index (χ3v) is 4.15. The summed E-state index contributed by atoms with van der Waals surface area (Å²) in [6, 6.07) is 0. The van der Waals surface area contributed by atoms with Gasteiger partial charge in [0.25, 0.3) is 0 Å². The van der Waals surface area contributed by atoms with Crippen LogP contribution in [0.4, 0.5) is 0 Å². The van der Waals surface area contributed by atoms with Crippen molar-refractivity contribution in [2.24, 2.45) is 4.99 Å². The number of thioether (sulfide) groups is 1. The lowest BCUT2D eigenvalue weighted by molar-refractivity contribution is -0.00544. The fourth-order valence-electron chi connectivity index (χ4n) is 2.01. The minimum atomic E-state index is -0.312. The Morgan fingerprint density at radius 1 is 1.71 bits per heavy atom. The van der Waals surface area contributed by atoms with E-state index in [1.807, 2.05) is 0 Å². The number of nitrogens with zero attached hydrogens (tertiary/aromatic N) is 1. The van der Waals surface area contributed by atoms with Crippen molar-refractivity contribution in [3.8, 4) is 0 Å². The normalized spacial score (nSPS) is 36.7. The van der Waals surface area contributed by atoms with Gasteiger partial charge in [0.2, 0.25) is 0 Å². The van der Waals surface area contributed by atoms with Crippen molar-refractivity contribution in [1.82, 2.24) is 0 Å². The minimum Gasteiger partial charge on any atom is -0.394 e. The number of hydrogen-bond acceptors (Lipinski definition) is 4. The summed E-state index contributed by atoms with van der Waals surface area (Å²) in [5.41, 5.74) is -0.240. The summed E-state index contributed by atoms with van der Waals surface area (Å²) in [4.78, 5) is 4.65. The lowest BCUT2D eigenvalue weighted by Crippen LogP contribution is -2.44. The molecule has 80 valence electrons. The molecule has 4 heteroatoms. The molecular formula is C10H17NO2S. The van der Waals surface area contributed by atoms with E-state index in [-0.39, 0.29) is 17.6 Å². The molecule has 3 nitrogen and oxygen atoms in total. The quantitative estimate of drug-likeness (QED) is 0.780. The number of rotatable bonds is 3. The van der Waals surface area contributed by atoms with Gasteiger partial charge in [0, 0.05) is 6.61 Å². The maximum atomic E-state index is 9.44. The highest BCUT2D eigenvalue weighted by atomic mass is 32.2.